The monoisotopic (exact) mass is 150 g/mol. The molecule has 0 aliphatic heterocycles. The molecule has 0 saturated carbocycles. The van der Waals surface area contributed by atoms with Crippen LogP contribution in [0.25, 0.3) is 0 Å². The van der Waals surface area contributed by atoms with E-state index in [1.807, 2.05) is 26.0 Å². The lowest BCUT2D eigenvalue weighted by Gasteiger charge is -2.22. The highest BCUT2D eigenvalue weighted by Gasteiger charge is 2.18. The van der Waals surface area contributed by atoms with Crippen molar-refractivity contribution in [2.24, 2.45) is 0 Å². The second kappa shape index (κ2) is 3.01. The first kappa shape index (κ1) is 8.21. The summed E-state index contributed by atoms with van der Waals surface area (Å²) >= 11 is 0. The molecule has 0 N–H and O–H groups in total. The Morgan fingerprint density at radius 2 is 2.27 bits per heavy atom. The summed E-state index contributed by atoms with van der Waals surface area (Å²) in [5, 5.41) is 0. The van der Waals surface area contributed by atoms with E-state index in [-0.39, 0.29) is 5.60 Å². The highest BCUT2D eigenvalue weighted by Crippen LogP contribution is 2.21. The molecular formula is C9H12NO. The average molecular weight is 150 g/mol. The quantitative estimate of drug-likeness (QED) is 0.641. The number of aromatic nitrogens is 1. The molecule has 59 valence electrons. The van der Waals surface area contributed by atoms with Gasteiger partial charge in [-0.05, 0) is 19.9 Å². The lowest BCUT2D eigenvalue weighted by atomic mass is 10.0. The zero-order valence-electron chi connectivity index (χ0n) is 7.09. The zero-order chi connectivity index (χ0) is 8.32. The minimum absolute atomic E-state index is 0.283. The van der Waals surface area contributed by atoms with Crippen molar-refractivity contribution in [1.29, 1.82) is 0 Å². The van der Waals surface area contributed by atoms with Gasteiger partial charge in [-0.15, -0.1) is 0 Å². The Labute approximate surface area is 67.2 Å². The molecule has 0 unspecified atom stereocenters. The molecule has 0 saturated heterocycles. The van der Waals surface area contributed by atoms with E-state index >= 15 is 0 Å². The van der Waals surface area contributed by atoms with Gasteiger partial charge in [-0.3, -0.25) is 4.98 Å². The van der Waals surface area contributed by atoms with Gasteiger partial charge in [0.25, 0.3) is 0 Å². The Balaban J connectivity index is 2.93. The lowest BCUT2D eigenvalue weighted by molar-refractivity contribution is 0.0187. The van der Waals surface area contributed by atoms with Crippen molar-refractivity contribution in [2.45, 2.75) is 19.4 Å². The topological polar surface area (TPSA) is 22.1 Å². The number of methoxy groups -OCH3 is 1. The summed E-state index contributed by atoms with van der Waals surface area (Å²) in [7, 11) is 1.68. The summed E-state index contributed by atoms with van der Waals surface area (Å²) in [5.41, 5.74) is 0.691. The predicted molar refractivity (Wildman–Crippen MR) is 43.1 cm³/mol. The summed E-state index contributed by atoms with van der Waals surface area (Å²) in [6.07, 6.45) is 4.59. The van der Waals surface area contributed by atoms with Gasteiger partial charge >= 0.3 is 0 Å². The van der Waals surface area contributed by atoms with Gasteiger partial charge in [0, 0.05) is 18.9 Å². The molecule has 1 aromatic heterocycles. The first-order valence-corrected chi connectivity index (χ1v) is 3.55. The average Bonchev–Trinajstić information content (AvgIpc) is 2.06. The molecule has 0 atom stereocenters. The van der Waals surface area contributed by atoms with Gasteiger partial charge in [0.05, 0.1) is 11.8 Å². The Bertz CT molecular complexity index is 218. The molecule has 0 spiro atoms. The van der Waals surface area contributed by atoms with Crippen LogP contribution in [0, 0.1) is 6.20 Å². The molecule has 0 amide bonds. The van der Waals surface area contributed by atoms with E-state index in [4.69, 9.17) is 4.74 Å². The van der Waals surface area contributed by atoms with Crippen LogP contribution in [0.3, 0.4) is 0 Å². The number of rotatable bonds is 2. The Kier molecular flexibility index (Phi) is 2.25. The molecule has 1 rings (SSSR count). The van der Waals surface area contributed by atoms with E-state index in [0.29, 0.717) is 0 Å². The predicted octanol–water partition coefficient (Wildman–Crippen LogP) is 1.76. The van der Waals surface area contributed by atoms with Crippen LogP contribution >= 0.6 is 0 Å². The van der Waals surface area contributed by atoms with Gasteiger partial charge in [-0.1, -0.05) is 6.07 Å². The number of hydrogen-bond donors (Lipinski definition) is 0. The second-order valence-electron chi connectivity index (χ2n) is 2.88. The third-order valence-electron chi connectivity index (χ3n) is 1.77. The summed E-state index contributed by atoms with van der Waals surface area (Å²) < 4.78 is 5.25. The Morgan fingerprint density at radius 1 is 1.55 bits per heavy atom. The van der Waals surface area contributed by atoms with Gasteiger partial charge < -0.3 is 4.74 Å². The number of hydrogen-bond acceptors (Lipinski definition) is 2. The standard InChI is InChI=1S/C9H12NO/c1-9(2,11-3)8-5-4-6-10-7-8/h4-6H,1-3H3. The van der Waals surface area contributed by atoms with Gasteiger partial charge in [-0.2, -0.15) is 0 Å². The summed E-state index contributed by atoms with van der Waals surface area (Å²) in [6, 6.07) is 3.84. The van der Waals surface area contributed by atoms with Crippen LogP contribution in [0.4, 0.5) is 0 Å². The maximum atomic E-state index is 5.25. The highest BCUT2D eigenvalue weighted by molar-refractivity contribution is 5.14. The van der Waals surface area contributed by atoms with Crippen LogP contribution in [0.5, 0.6) is 0 Å². The largest absolute Gasteiger partial charge is 0.374 e. The van der Waals surface area contributed by atoms with E-state index in [2.05, 4.69) is 11.2 Å². The molecule has 1 heterocycles. The fraction of sp³-hybridized carbons (Fsp3) is 0.444. The first-order valence-electron chi connectivity index (χ1n) is 3.55. The minimum Gasteiger partial charge on any atom is -0.374 e. The van der Waals surface area contributed by atoms with E-state index < -0.39 is 0 Å². The van der Waals surface area contributed by atoms with E-state index in [0.717, 1.165) is 5.56 Å². The molecule has 11 heavy (non-hydrogen) atoms. The fourth-order valence-electron chi connectivity index (χ4n) is 0.772. The highest BCUT2D eigenvalue weighted by atomic mass is 16.5. The summed E-state index contributed by atoms with van der Waals surface area (Å²) in [6.45, 7) is 3.97. The lowest BCUT2D eigenvalue weighted by Crippen LogP contribution is -2.19. The van der Waals surface area contributed by atoms with E-state index in [1.165, 1.54) is 0 Å². The summed E-state index contributed by atoms with van der Waals surface area (Å²) in [5.74, 6) is 0. The van der Waals surface area contributed by atoms with E-state index in [1.54, 1.807) is 13.3 Å². The third kappa shape index (κ3) is 1.77. The maximum absolute atomic E-state index is 5.25. The van der Waals surface area contributed by atoms with Crippen LogP contribution < -0.4 is 0 Å². The fourth-order valence-corrected chi connectivity index (χ4v) is 0.772. The molecule has 0 bridgehead atoms. The normalized spacial score (nSPS) is 11.5. The number of nitrogens with zero attached hydrogens (tertiary/aromatic N) is 1. The van der Waals surface area contributed by atoms with Gasteiger partial charge in [0.15, 0.2) is 0 Å². The van der Waals surface area contributed by atoms with Crippen LogP contribution in [0.1, 0.15) is 19.4 Å². The van der Waals surface area contributed by atoms with Gasteiger partial charge in [0.2, 0.25) is 0 Å². The van der Waals surface area contributed by atoms with Crippen molar-refractivity contribution < 1.29 is 4.74 Å². The minimum atomic E-state index is -0.283. The zero-order valence-corrected chi connectivity index (χ0v) is 7.09. The van der Waals surface area contributed by atoms with Crippen molar-refractivity contribution in [3.8, 4) is 0 Å². The van der Waals surface area contributed by atoms with Crippen molar-refractivity contribution in [3.05, 3.63) is 30.1 Å². The number of ether oxygens (including phenoxy) is 1. The molecule has 0 aromatic carbocycles. The van der Waals surface area contributed by atoms with Gasteiger partial charge in [-0.25, -0.2) is 0 Å². The van der Waals surface area contributed by atoms with Crippen LogP contribution in [0.15, 0.2) is 18.3 Å². The summed E-state index contributed by atoms with van der Waals surface area (Å²) in [4.78, 5) is 3.89. The molecular weight excluding hydrogens is 138 g/mol. The molecule has 0 fully saturated rings. The SMILES string of the molecule is COC(C)(C)c1[c]nccc1. The third-order valence-corrected chi connectivity index (χ3v) is 1.77. The number of pyridine rings is 1. The molecule has 2 nitrogen and oxygen atoms in total. The van der Waals surface area contributed by atoms with Crippen molar-refractivity contribution in [3.63, 3.8) is 0 Å². The first-order chi connectivity index (χ1) is 5.17. The van der Waals surface area contributed by atoms with Crippen LogP contribution in [-0.4, -0.2) is 12.1 Å². The van der Waals surface area contributed by atoms with Gasteiger partial charge in [0.1, 0.15) is 0 Å². The van der Waals surface area contributed by atoms with Crippen molar-refractivity contribution in [1.82, 2.24) is 4.98 Å². The maximum Gasteiger partial charge on any atom is 0.0950 e. The van der Waals surface area contributed by atoms with Crippen molar-refractivity contribution in [2.75, 3.05) is 7.11 Å². The smallest absolute Gasteiger partial charge is 0.0950 e. The van der Waals surface area contributed by atoms with Crippen molar-refractivity contribution >= 4 is 0 Å². The second-order valence-corrected chi connectivity index (χ2v) is 2.88. The molecule has 1 radical (unpaired) electrons. The molecule has 0 aliphatic rings. The Morgan fingerprint density at radius 3 is 2.73 bits per heavy atom. The molecule has 1 aromatic rings. The molecule has 0 aliphatic carbocycles. The Hall–Kier alpha value is -0.890. The van der Waals surface area contributed by atoms with Crippen LogP contribution in [0.2, 0.25) is 0 Å². The van der Waals surface area contributed by atoms with E-state index in [9.17, 15) is 0 Å². The molecule has 2 heteroatoms. The van der Waals surface area contributed by atoms with Crippen LogP contribution in [-0.2, 0) is 10.3 Å².